The zero-order valence-corrected chi connectivity index (χ0v) is 13.7. The molecule has 0 saturated heterocycles. The maximum Gasteiger partial charge on any atom is 0.272 e. The Labute approximate surface area is 142 Å². The molecule has 2 aromatic rings. The molecule has 0 fully saturated rings. The number of carbonyl (C=O) groups is 1. The Kier molecular flexibility index (Phi) is 5.15. The first-order valence-electron chi connectivity index (χ1n) is 6.87. The average Bonchev–Trinajstić information content (AvgIpc) is 2.50. The van der Waals surface area contributed by atoms with Crippen molar-refractivity contribution in [3.63, 3.8) is 0 Å². The smallest absolute Gasteiger partial charge is 0.272 e. The van der Waals surface area contributed by atoms with Gasteiger partial charge in [-0.15, -0.1) is 0 Å². The number of phenolic OH excluding ortho intramolecular Hbond substituents is 1. The van der Waals surface area contributed by atoms with E-state index < -0.39 is 10.8 Å². The molecule has 2 aromatic carbocycles. The number of non-ortho nitro benzene ring substituents is 1. The van der Waals surface area contributed by atoms with Gasteiger partial charge in [0.25, 0.3) is 11.6 Å². The lowest BCUT2D eigenvalue weighted by Gasteiger charge is -2.05. The van der Waals surface area contributed by atoms with Crippen LogP contribution in [0.2, 0.25) is 5.02 Å². The summed E-state index contributed by atoms with van der Waals surface area (Å²) in [6.07, 6.45) is 1.13. The van der Waals surface area contributed by atoms with Crippen molar-refractivity contribution < 1.29 is 14.8 Å². The zero-order valence-electron chi connectivity index (χ0n) is 12.9. The first-order valence-corrected chi connectivity index (χ1v) is 7.25. The first-order chi connectivity index (χ1) is 11.3. The minimum atomic E-state index is -0.575. The van der Waals surface area contributed by atoms with E-state index in [1.807, 2.05) is 6.92 Å². The van der Waals surface area contributed by atoms with Crippen LogP contribution in [0.3, 0.4) is 0 Å². The highest BCUT2D eigenvalue weighted by atomic mass is 35.5. The Balaban J connectivity index is 2.20. The monoisotopic (exact) mass is 347 g/mol. The average molecular weight is 348 g/mol. The lowest BCUT2D eigenvalue weighted by molar-refractivity contribution is -0.384. The summed E-state index contributed by atoms with van der Waals surface area (Å²) >= 11 is 5.99. The third-order valence-corrected chi connectivity index (χ3v) is 3.58. The largest absolute Gasteiger partial charge is 0.507 e. The number of hydrazone groups is 1. The molecule has 1 amide bonds. The minimum absolute atomic E-state index is 0.122. The van der Waals surface area contributed by atoms with Crippen molar-refractivity contribution in [2.24, 2.45) is 5.10 Å². The summed E-state index contributed by atoms with van der Waals surface area (Å²) in [7, 11) is 0. The fourth-order valence-electron chi connectivity index (χ4n) is 2.02. The molecule has 124 valence electrons. The maximum absolute atomic E-state index is 12.0. The molecule has 0 heterocycles. The van der Waals surface area contributed by atoms with Gasteiger partial charge in [0.2, 0.25) is 0 Å². The molecule has 0 aliphatic rings. The van der Waals surface area contributed by atoms with Crippen molar-refractivity contribution in [2.45, 2.75) is 13.8 Å². The molecular formula is C16H14ClN3O4. The van der Waals surface area contributed by atoms with Gasteiger partial charge in [0.1, 0.15) is 5.75 Å². The van der Waals surface area contributed by atoms with Crippen molar-refractivity contribution in [3.05, 3.63) is 67.7 Å². The van der Waals surface area contributed by atoms with Crippen LogP contribution in [-0.4, -0.2) is 22.2 Å². The van der Waals surface area contributed by atoms with Crippen LogP contribution < -0.4 is 5.43 Å². The molecule has 0 bridgehead atoms. The van der Waals surface area contributed by atoms with Crippen molar-refractivity contribution >= 4 is 29.4 Å². The third kappa shape index (κ3) is 3.88. The molecule has 0 unspecified atom stereocenters. The molecule has 7 nitrogen and oxygen atoms in total. The number of halogens is 1. The van der Waals surface area contributed by atoms with E-state index in [1.54, 1.807) is 18.2 Å². The van der Waals surface area contributed by atoms with Gasteiger partial charge in [-0.05, 0) is 37.1 Å². The number of hydrogen-bond acceptors (Lipinski definition) is 5. The molecule has 0 atom stereocenters. The summed E-state index contributed by atoms with van der Waals surface area (Å²) in [5.41, 5.74) is 3.70. The van der Waals surface area contributed by atoms with Crippen molar-refractivity contribution in [2.75, 3.05) is 0 Å². The molecule has 2 N–H and O–H groups in total. The van der Waals surface area contributed by atoms with Gasteiger partial charge in [0.05, 0.1) is 21.7 Å². The van der Waals surface area contributed by atoms with Crippen LogP contribution in [0.1, 0.15) is 27.0 Å². The number of nitrogens with zero attached hydrogens (tertiary/aromatic N) is 2. The number of amides is 1. The lowest BCUT2D eigenvalue weighted by atomic mass is 10.1. The second kappa shape index (κ2) is 7.10. The standard InChI is InChI=1S/C16H14ClN3O4/c1-9-3-4-13(14(17)5-9)16(22)19-18-8-11-7-12(20(23)24)6-10(2)15(11)21/h3-8,21H,1-2H3,(H,19,22)/b18-8-. The van der Waals surface area contributed by atoms with Crippen LogP contribution in [0.25, 0.3) is 0 Å². The van der Waals surface area contributed by atoms with Crippen LogP contribution in [0.4, 0.5) is 5.69 Å². The van der Waals surface area contributed by atoms with E-state index >= 15 is 0 Å². The van der Waals surface area contributed by atoms with Gasteiger partial charge in [-0.3, -0.25) is 14.9 Å². The molecule has 0 aliphatic carbocycles. The maximum atomic E-state index is 12.0. The van der Waals surface area contributed by atoms with E-state index in [2.05, 4.69) is 10.5 Å². The van der Waals surface area contributed by atoms with E-state index in [0.717, 1.165) is 17.8 Å². The predicted octanol–water partition coefficient (Wildman–Crippen LogP) is 3.33. The van der Waals surface area contributed by atoms with Crippen LogP contribution in [0, 0.1) is 24.0 Å². The van der Waals surface area contributed by atoms with E-state index in [-0.39, 0.29) is 27.6 Å². The fraction of sp³-hybridized carbons (Fsp3) is 0.125. The Morgan fingerprint density at radius 3 is 2.67 bits per heavy atom. The van der Waals surface area contributed by atoms with Gasteiger partial charge in [-0.2, -0.15) is 5.10 Å². The second-order valence-corrected chi connectivity index (χ2v) is 5.55. The summed E-state index contributed by atoms with van der Waals surface area (Å²) in [5.74, 6) is -0.676. The molecule has 2 rings (SSSR count). The Hall–Kier alpha value is -2.93. The molecule has 0 aromatic heterocycles. The molecule has 0 saturated carbocycles. The van der Waals surface area contributed by atoms with Crippen LogP contribution in [0.5, 0.6) is 5.75 Å². The highest BCUT2D eigenvalue weighted by Crippen LogP contribution is 2.26. The SMILES string of the molecule is Cc1ccc(C(=O)N/N=C\c2cc([N+](=O)[O-])cc(C)c2O)c(Cl)c1. The third-order valence-electron chi connectivity index (χ3n) is 3.26. The van der Waals surface area contributed by atoms with E-state index in [0.29, 0.717) is 5.56 Å². The van der Waals surface area contributed by atoms with Gasteiger partial charge in [0.15, 0.2) is 0 Å². The molecule has 24 heavy (non-hydrogen) atoms. The van der Waals surface area contributed by atoms with Crippen LogP contribution >= 0.6 is 11.6 Å². The van der Waals surface area contributed by atoms with Gasteiger partial charge in [-0.25, -0.2) is 5.43 Å². The number of nitrogens with one attached hydrogen (secondary N) is 1. The number of carbonyl (C=O) groups excluding carboxylic acids is 1. The van der Waals surface area contributed by atoms with Gasteiger partial charge < -0.3 is 5.11 Å². The Bertz CT molecular complexity index is 849. The normalized spacial score (nSPS) is 10.8. The number of rotatable bonds is 4. The van der Waals surface area contributed by atoms with Gasteiger partial charge >= 0.3 is 0 Å². The first kappa shape index (κ1) is 17.4. The van der Waals surface area contributed by atoms with Crippen molar-refractivity contribution in [3.8, 4) is 5.75 Å². The van der Waals surface area contributed by atoms with Crippen molar-refractivity contribution in [1.82, 2.24) is 5.43 Å². The van der Waals surface area contributed by atoms with E-state index in [4.69, 9.17) is 11.6 Å². The summed E-state index contributed by atoms with van der Waals surface area (Å²) in [6.45, 7) is 3.38. The van der Waals surface area contributed by atoms with Gasteiger partial charge in [-0.1, -0.05) is 17.7 Å². The zero-order chi connectivity index (χ0) is 17.9. The van der Waals surface area contributed by atoms with E-state index in [1.165, 1.54) is 13.0 Å². The van der Waals surface area contributed by atoms with Crippen molar-refractivity contribution in [1.29, 1.82) is 0 Å². The molecule has 0 aliphatic heterocycles. The number of aromatic hydroxyl groups is 1. The summed E-state index contributed by atoms with van der Waals surface area (Å²) in [5, 5.41) is 24.8. The number of phenols is 1. The minimum Gasteiger partial charge on any atom is -0.507 e. The summed E-state index contributed by atoms with van der Waals surface area (Å²) in [6, 6.07) is 7.36. The number of nitro benzene ring substituents is 1. The second-order valence-electron chi connectivity index (χ2n) is 5.14. The Morgan fingerprint density at radius 1 is 1.33 bits per heavy atom. The Morgan fingerprint density at radius 2 is 2.04 bits per heavy atom. The molecule has 8 heteroatoms. The highest BCUT2D eigenvalue weighted by Gasteiger charge is 2.13. The molecule has 0 spiro atoms. The van der Waals surface area contributed by atoms with Crippen LogP contribution in [-0.2, 0) is 0 Å². The van der Waals surface area contributed by atoms with Crippen LogP contribution in [0.15, 0.2) is 35.4 Å². The number of nitro groups is 1. The fourth-order valence-corrected chi connectivity index (χ4v) is 2.34. The molecule has 0 radical (unpaired) electrons. The highest BCUT2D eigenvalue weighted by molar-refractivity contribution is 6.33. The quantitative estimate of drug-likeness (QED) is 0.502. The number of aryl methyl sites for hydroxylation is 2. The topological polar surface area (TPSA) is 105 Å². The number of benzene rings is 2. The summed E-state index contributed by atoms with van der Waals surface area (Å²) < 4.78 is 0. The summed E-state index contributed by atoms with van der Waals surface area (Å²) in [4.78, 5) is 22.3. The van der Waals surface area contributed by atoms with Gasteiger partial charge in [0, 0.05) is 17.7 Å². The predicted molar refractivity (Wildman–Crippen MR) is 90.7 cm³/mol. The molecular weight excluding hydrogens is 334 g/mol. The lowest BCUT2D eigenvalue weighted by Crippen LogP contribution is -2.18. The van der Waals surface area contributed by atoms with E-state index in [9.17, 15) is 20.0 Å². The number of hydrogen-bond donors (Lipinski definition) is 2.